The summed E-state index contributed by atoms with van der Waals surface area (Å²) in [4.78, 5) is 105. The summed E-state index contributed by atoms with van der Waals surface area (Å²) in [7, 11) is -1.96. The fourth-order valence-corrected chi connectivity index (χ4v) is 11.1. The number of benzene rings is 2. The van der Waals surface area contributed by atoms with Crippen molar-refractivity contribution in [2.75, 3.05) is 14.2 Å². The Labute approximate surface area is 557 Å². The van der Waals surface area contributed by atoms with Crippen LogP contribution in [0.5, 0.6) is 0 Å². The highest BCUT2D eigenvalue weighted by atomic mass is 32.1. The van der Waals surface area contributed by atoms with Crippen molar-refractivity contribution in [2.45, 2.75) is 153 Å². The molecule has 0 bridgehead atoms. The maximum Gasteiger partial charge on any atom is 0.478 e. The van der Waals surface area contributed by atoms with Gasteiger partial charge in [-0.3, -0.25) is 38.4 Å². The third-order valence-electron chi connectivity index (χ3n) is 14.1. The molecular formula is C64H82B4N6O18S2. The number of oxime groups is 2. The lowest BCUT2D eigenvalue weighted by molar-refractivity contribution is -0.121. The first-order valence-corrected chi connectivity index (χ1v) is 32.4. The summed E-state index contributed by atoms with van der Waals surface area (Å²) in [5.41, 5.74) is 2.09. The number of carbonyl (C=O) groups excluding carboxylic acids is 8. The van der Waals surface area contributed by atoms with E-state index in [1.54, 1.807) is 48.6 Å². The fourth-order valence-electron chi connectivity index (χ4n) is 9.72. The van der Waals surface area contributed by atoms with E-state index in [2.05, 4.69) is 31.6 Å². The molecule has 2 aromatic heterocycles. The molecule has 0 saturated carbocycles. The molecule has 500 valence electrons. The second kappa shape index (κ2) is 41.8. The van der Waals surface area contributed by atoms with Crippen LogP contribution < -0.4 is 21.3 Å². The van der Waals surface area contributed by atoms with Gasteiger partial charge in [0, 0.05) is 25.7 Å². The minimum absolute atomic E-state index is 0.0147. The zero-order valence-electron chi connectivity index (χ0n) is 53.5. The first kappa shape index (κ1) is 76.9. The Morgan fingerprint density at radius 2 is 0.777 bits per heavy atom. The molecule has 2 aromatic carbocycles. The Morgan fingerprint density at radius 1 is 0.447 bits per heavy atom. The Kier molecular flexibility index (Phi) is 34.2. The quantitative estimate of drug-likeness (QED) is 0.0228. The number of hydrogen-bond donors (Lipinski definition) is 8. The van der Waals surface area contributed by atoms with E-state index in [0.29, 0.717) is 48.3 Å². The lowest BCUT2D eigenvalue weighted by atomic mass is 9.75. The molecule has 30 heteroatoms. The second-order valence-corrected chi connectivity index (χ2v) is 24.2. The van der Waals surface area contributed by atoms with Crippen LogP contribution in [0.1, 0.15) is 113 Å². The van der Waals surface area contributed by atoms with Crippen LogP contribution in [0.2, 0.25) is 0 Å². The van der Waals surface area contributed by atoms with Gasteiger partial charge in [0.15, 0.2) is 11.4 Å². The van der Waals surface area contributed by atoms with Gasteiger partial charge in [-0.1, -0.05) is 132 Å². The summed E-state index contributed by atoms with van der Waals surface area (Å²) in [5, 5.41) is 62.9. The highest BCUT2D eigenvalue weighted by Gasteiger charge is 2.37. The number of hydrogen-bond acceptors (Lipinski definition) is 22. The monoisotopic (exact) mass is 1330 g/mol. The van der Waals surface area contributed by atoms with Crippen molar-refractivity contribution in [1.82, 2.24) is 21.3 Å². The number of Topliss-reactive ketones (excluding diaryl/α,β-unsaturated/α-hetero) is 4. The zero-order chi connectivity index (χ0) is 68.4. The highest BCUT2D eigenvalue weighted by Crippen LogP contribution is 2.20. The summed E-state index contributed by atoms with van der Waals surface area (Å²) >= 11 is 2.71. The van der Waals surface area contributed by atoms with Crippen molar-refractivity contribution in [1.29, 1.82) is 0 Å². The molecular weight excluding hydrogens is 1250 g/mol. The summed E-state index contributed by atoms with van der Waals surface area (Å²) in [6, 6.07) is 26.0. The maximum absolute atomic E-state index is 12.5. The molecule has 0 radical (unpaired) electrons. The molecule has 24 nitrogen and oxygen atoms in total. The molecule has 4 aliphatic heterocycles. The van der Waals surface area contributed by atoms with E-state index in [1.165, 1.54) is 64.6 Å². The Bertz CT molecular complexity index is 3020. The lowest BCUT2D eigenvalue weighted by Crippen LogP contribution is -2.50. The van der Waals surface area contributed by atoms with Gasteiger partial charge in [0.25, 0.3) is 11.8 Å². The van der Waals surface area contributed by atoms with Crippen LogP contribution in [-0.2, 0) is 79.5 Å². The van der Waals surface area contributed by atoms with Crippen LogP contribution in [0, 0.1) is 0 Å². The number of rotatable bonds is 22. The van der Waals surface area contributed by atoms with Gasteiger partial charge >= 0.3 is 28.5 Å². The first-order valence-electron chi connectivity index (χ1n) is 30.6. The molecule has 0 spiro atoms. The zero-order valence-corrected chi connectivity index (χ0v) is 55.1. The molecule has 0 fully saturated rings. The average molecular weight is 1330 g/mol. The molecule has 0 unspecified atom stereocenters. The minimum atomic E-state index is -1.22. The van der Waals surface area contributed by atoms with Crippen molar-refractivity contribution in [3.05, 3.63) is 165 Å². The first-order chi connectivity index (χ1) is 45.1. The van der Waals surface area contributed by atoms with Crippen LogP contribution in [-0.4, -0.2) is 169 Å². The van der Waals surface area contributed by atoms with Crippen LogP contribution in [0.15, 0.2) is 155 Å². The van der Waals surface area contributed by atoms with Crippen molar-refractivity contribution >= 4 is 109 Å². The average Bonchev–Trinajstić information content (AvgIpc) is 1.94. The highest BCUT2D eigenvalue weighted by molar-refractivity contribution is 7.13. The lowest BCUT2D eigenvalue weighted by Gasteiger charge is -2.26. The predicted molar refractivity (Wildman–Crippen MR) is 361 cm³/mol. The number of ketones is 4. The predicted octanol–water partition coefficient (Wildman–Crippen LogP) is 4.75. The van der Waals surface area contributed by atoms with Crippen molar-refractivity contribution < 1.29 is 86.7 Å². The number of nitrogens with zero attached hydrogens (tertiary/aromatic N) is 2. The summed E-state index contributed by atoms with van der Waals surface area (Å²) in [5.74, 6) is -3.63. The smallest absolute Gasteiger partial charge is 0.426 e. The third kappa shape index (κ3) is 28.8. The van der Waals surface area contributed by atoms with Gasteiger partial charge in [-0.2, -0.15) is 0 Å². The normalized spacial score (nSPS) is 22.0. The SMILES string of the molecule is CC(=O)C[C@@H]1C/C=C\C[C@H](NC(=O)Cc2ccccc2)B(O)O1.CC(=O)C[C@H]1C/C=C\C[C@H](NC(=O)Cc2ccccc2)B(O)O1.CO/N=C(/C(=O)N[C@H]1CC=C[C@H](CC(C)=O)OB1O)c1cccs1.CO/N=C(\C(=O)N[C@H]1CC=C[C@H](CC(C)=O)OB1O)c1cccs1. The van der Waals surface area contributed by atoms with E-state index >= 15 is 0 Å². The van der Waals surface area contributed by atoms with Gasteiger partial charge in [-0.05, 0) is 100 Å². The number of nitrogens with one attached hydrogen (secondary N) is 4. The largest absolute Gasteiger partial charge is 0.478 e. The van der Waals surface area contributed by atoms with Crippen molar-refractivity contribution in [3.8, 4) is 0 Å². The van der Waals surface area contributed by atoms with Gasteiger partial charge < -0.3 is 69.7 Å². The van der Waals surface area contributed by atoms with E-state index in [-0.39, 0.29) is 97.1 Å². The second-order valence-electron chi connectivity index (χ2n) is 22.3. The van der Waals surface area contributed by atoms with E-state index < -0.39 is 76.3 Å². The van der Waals surface area contributed by atoms with Crippen LogP contribution >= 0.6 is 22.7 Å². The molecule has 4 amide bonds. The number of carbonyl (C=O) groups is 8. The molecule has 0 saturated heterocycles. The molecule has 4 aliphatic rings. The van der Waals surface area contributed by atoms with Gasteiger partial charge in [0.2, 0.25) is 11.8 Å². The summed E-state index contributed by atoms with van der Waals surface area (Å²) in [6.07, 6.45) is 17.3. The topological polar surface area (TPSA) is 346 Å². The third-order valence-corrected chi connectivity index (χ3v) is 15.9. The van der Waals surface area contributed by atoms with Crippen LogP contribution in [0.25, 0.3) is 0 Å². The minimum Gasteiger partial charge on any atom is -0.426 e. The molecule has 0 aliphatic carbocycles. The Hall–Kier alpha value is -7.76. The standard InChI is InChI=1S/2C17H22BNO4.2C15H19BN2O5S/c2*1-13(20)11-15-9-5-6-10-16(18(22)23-15)19-17(21)12-14-7-3-2-4-8-14;2*1-10(19)9-11-5-3-7-13(16(21)23-11)17-15(20)14(18-22-2)12-6-4-8-24-12/h2*2-8,15-16,22H,9-12H2,1H3,(H,19,21);2*3-6,8,11,13,21H,7,9H2,1-2H3,(H,17,20)/b2*6-5-;18-14+;18-14-/t15-,16+;15-,16-;2*11-,13+/m1011/s1. The summed E-state index contributed by atoms with van der Waals surface area (Å²) in [6.45, 7) is 5.92. The van der Waals surface area contributed by atoms with E-state index in [9.17, 15) is 58.5 Å². The van der Waals surface area contributed by atoms with Crippen LogP contribution in [0.3, 0.4) is 0 Å². The van der Waals surface area contributed by atoms with Crippen LogP contribution in [0.4, 0.5) is 0 Å². The van der Waals surface area contributed by atoms with Crippen molar-refractivity contribution in [2.24, 2.45) is 10.3 Å². The van der Waals surface area contributed by atoms with Gasteiger partial charge in [-0.15, -0.1) is 22.7 Å². The Balaban J connectivity index is 0.000000227. The Morgan fingerprint density at radius 3 is 1.11 bits per heavy atom. The summed E-state index contributed by atoms with van der Waals surface area (Å²) < 4.78 is 21.9. The number of thiophene rings is 2. The van der Waals surface area contributed by atoms with Gasteiger partial charge in [-0.25, -0.2) is 0 Å². The molecule has 8 rings (SSSR count). The van der Waals surface area contributed by atoms with E-state index in [1.807, 2.05) is 95.7 Å². The molecule has 8 atom stereocenters. The maximum atomic E-state index is 12.5. The van der Waals surface area contributed by atoms with Crippen molar-refractivity contribution in [3.63, 3.8) is 0 Å². The van der Waals surface area contributed by atoms with E-state index in [4.69, 9.17) is 28.3 Å². The fraction of sp³-hybridized carbons (Fsp3) is 0.406. The van der Waals surface area contributed by atoms with E-state index in [0.717, 1.165) is 11.1 Å². The molecule has 4 aromatic rings. The molecule has 8 N–H and O–H groups in total. The molecule has 94 heavy (non-hydrogen) atoms. The molecule has 6 heterocycles. The van der Waals surface area contributed by atoms with Gasteiger partial charge in [0.1, 0.15) is 37.4 Å². The van der Waals surface area contributed by atoms with Gasteiger partial charge in [0.05, 0.1) is 70.8 Å². The number of amides is 4.